The summed E-state index contributed by atoms with van der Waals surface area (Å²) in [6, 6.07) is 48.6. The summed E-state index contributed by atoms with van der Waals surface area (Å²) >= 11 is 28.6. The van der Waals surface area contributed by atoms with Crippen LogP contribution in [0.1, 0.15) is 117 Å². The van der Waals surface area contributed by atoms with Crippen LogP contribution in [0.5, 0.6) is 0 Å². The van der Waals surface area contributed by atoms with Gasteiger partial charge in [0.15, 0.2) is 22.6 Å². The summed E-state index contributed by atoms with van der Waals surface area (Å²) in [6.45, 7) is 36.9. The van der Waals surface area contributed by atoms with Crippen molar-refractivity contribution < 1.29 is 43.2 Å². The number of aromatic amines is 1. The van der Waals surface area contributed by atoms with E-state index in [0.29, 0.717) is 71.2 Å². The van der Waals surface area contributed by atoms with Gasteiger partial charge in [0, 0.05) is 56.5 Å². The fraction of sp³-hybridized carbons (Fsp3) is 0.378. The molecule has 0 radical (unpaired) electrons. The molecule has 2 unspecified atom stereocenters. The number of aryl methyl sites for hydroxylation is 5. The normalized spacial score (nSPS) is 11.2. The number of pyridine rings is 4. The molecule has 3 amide bonds. The van der Waals surface area contributed by atoms with E-state index in [2.05, 4.69) is 158 Å². The minimum absolute atomic E-state index is 0.0570. The van der Waals surface area contributed by atoms with Gasteiger partial charge in [0.1, 0.15) is 37.1 Å². The summed E-state index contributed by atoms with van der Waals surface area (Å²) in [5, 5.41) is 40.3. The van der Waals surface area contributed by atoms with E-state index in [4.69, 9.17) is 55.8 Å². The second-order valence-electron chi connectivity index (χ2n) is 30.8. The number of nitrogens with two attached hydrogens (primary N) is 2. The largest absolute Gasteiger partial charge is 0.444 e. The third kappa shape index (κ3) is 40.5. The molecule has 0 saturated carbocycles. The summed E-state index contributed by atoms with van der Waals surface area (Å²) in [6.07, 6.45) is 7.69. The Hall–Kier alpha value is -10.7. The maximum absolute atomic E-state index is 12.6. The average molecular weight is 1920 g/mol. The minimum Gasteiger partial charge on any atom is -0.444 e. The molecule has 0 fully saturated rings. The number of carbonyl (C=O) groups is 5. The number of rotatable bonds is 23. The summed E-state index contributed by atoms with van der Waals surface area (Å²) in [5.41, 5.74) is 23.7. The van der Waals surface area contributed by atoms with Gasteiger partial charge >= 0.3 is 28.0 Å². The number of H-pyrrole nitrogens is 1. The number of hydrogen-bond acceptors (Lipinski definition) is 21. The Morgan fingerprint density at radius 2 is 0.806 bits per heavy atom. The lowest BCUT2D eigenvalue weighted by molar-refractivity contribution is -0.125. The maximum atomic E-state index is 12.6. The first-order chi connectivity index (χ1) is 60.8. The second kappa shape index (κ2) is 56.0. The summed E-state index contributed by atoms with van der Waals surface area (Å²) in [5.74, 6) is 1.26. The van der Waals surface area contributed by atoms with Gasteiger partial charge in [-0.2, -0.15) is 5.10 Å². The van der Waals surface area contributed by atoms with Crippen LogP contribution in [0.25, 0.3) is 67.1 Å². The molecule has 10 N–H and O–H groups in total. The van der Waals surface area contributed by atoms with Gasteiger partial charge in [-0.25, -0.2) is 60.9 Å². The van der Waals surface area contributed by atoms with Crippen LogP contribution in [0.15, 0.2) is 200 Å². The highest BCUT2D eigenvalue weighted by molar-refractivity contribution is 8.24. The molecule has 0 spiro atoms. The zero-order valence-corrected chi connectivity index (χ0v) is 81.0. The van der Waals surface area contributed by atoms with Crippen LogP contribution in [0, 0.1) is 46.5 Å². The second-order valence-corrected chi connectivity index (χ2v) is 38.4. The summed E-state index contributed by atoms with van der Waals surface area (Å²) in [4.78, 5) is 110. The van der Waals surface area contributed by atoms with Gasteiger partial charge < -0.3 is 42.0 Å². The van der Waals surface area contributed by atoms with Gasteiger partial charge in [0.25, 0.3) is 0 Å². The number of alkyl halides is 2. The molecule has 0 aliphatic rings. The molecule has 0 aliphatic heterocycles. The molecule has 13 aromatic rings. The van der Waals surface area contributed by atoms with Crippen molar-refractivity contribution >= 4 is 125 Å². The predicted molar refractivity (Wildman–Crippen MR) is 516 cm³/mol. The molecule has 4 aromatic carbocycles. The number of aliphatic hydroxyl groups excluding tert-OH is 2. The van der Waals surface area contributed by atoms with Crippen LogP contribution in [-0.2, 0) is 48.2 Å². The average Bonchev–Trinajstić information content (AvgIpc) is 1.49. The van der Waals surface area contributed by atoms with Crippen LogP contribution in [0.2, 0.25) is 0 Å². The summed E-state index contributed by atoms with van der Waals surface area (Å²) < 4.78 is 24.4. The molecule has 0 aliphatic carbocycles. The zero-order chi connectivity index (χ0) is 96.5. The van der Waals surface area contributed by atoms with E-state index in [-0.39, 0.29) is 85.3 Å². The number of hydrogen-bond donors (Lipinski definition) is 8. The summed E-state index contributed by atoms with van der Waals surface area (Å²) in [7, 11) is 0. The van der Waals surface area contributed by atoms with Crippen LogP contribution in [0.4, 0.5) is 0 Å². The lowest BCUT2D eigenvalue weighted by Gasteiger charge is -2.28. The highest BCUT2D eigenvalue weighted by atomic mass is 36.0. The van der Waals surface area contributed by atoms with Gasteiger partial charge in [-0.1, -0.05) is 154 Å². The van der Waals surface area contributed by atoms with Gasteiger partial charge in [-0.05, 0) is 246 Å². The number of benzene rings is 4. The zero-order valence-electron chi connectivity index (χ0n) is 75.6. The lowest BCUT2D eigenvalue weighted by atomic mass is 10.1. The topological polar surface area (TPSA) is 428 Å². The van der Waals surface area contributed by atoms with Gasteiger partial charge in [0.05, 0.1) is 30.8 Å². The number of aliphatic hydroxyl groups is 2. The third-order valence-corrected chi connectivity index (χ3v) is 18.5. The van der Waals surface area contributed by atoms with Crippen molar-refractivity contribution in [3.63, 3.8) is 0 Å². The van der Waals surface area contributed by atoms with Crippen LogP contribution >= 0.6 is 73.7 Å². The third-order valence-electron chi connectivity index (χ3n) is 17.8. The number of carbonyl (C=O) groups excluding carboxylic acids is 5. The smallest absolute Gasteiger partial charge is 0.350 e. The molecule has 9 heterocycles. The number of oxazole rings is 1. The Kier molecular flexibility index (Phi) is 48.0. The highest BCUT2D eigenvalue weighted by Gasteiger charge is 2.17. The molecule has 2 atom stereocenters. The van der Waals surface area contributed by atoms with Crippen molar-refractivity contribution in [1.82, 2.24) is 83.0 Å². The van der Waals surface area contributed by atoms with Crippen LogP contribution < -0.4 is 50.2 Å². The molecule has 39 heteroatoms. The number of amides is 3. The number of Topliss-reactive ketones (excluding diaryl/α,β-unsaturated/α-hetero) is 1. The Bertz CT molecular complexity index is 5950. The molecular formula is C90H118Cl6N19O13P. The Balaban J connectivity index is 0.000000319. The van der Waals surface area contributed by atoms with Crippen LogP contribution in [-0.4, -0.2) is 181 Å². The van der Waals surface area contributed by atoms with Gasteiger partial charge in [0.2, 0.25) is 28.9 Å². The molecule has 0 bridgehead atoms. The van der Waals surface area contributed by atoms with E-state index in [9.17, 15) is 52.8 Å². The van der Waals surface area contributed by atoms with Crippen molar-refractivity contribution in [3.05, 3.63) is 252 Å². The number of nitrogens with zero attached hydrogens (tertiary/aromatic N) is 13. The molecule has 0 saturated heterocycles. The number of fused-ring (bicyclic) bond motifs is 4. The maximum Gasteiger partial charge on any atom is 0.350 e. The highest BCUT2D eigenvalue weighted by Crippen LogP contribution is 2.61. The van der Waals surface area contributed by atoms with Crippen molar-refractivity contribution in [3.8, 4) is 44.5 Å². The lowest BCUT2D eigenvalue weighted by Crippen LogP contribution is -2.36. The molecular weight excluding hydrogens is 1800 g/mol. The van der Waals surface area contributed by atoms with E-state index in [1.54, 1.807) is 55.2 Å². The van der Waals surface area contributed by atoms with E-state index >= 15 is 0 Å². The van der Waals surface area contributed by atoms with E-state index in [0.717, 1.165) is 78.1 Å². The van der Waals surface area contributed by atoms with E-state index in [1.165, 1.54) is 35.9 Å². The Labute approximate surface area is 779 Å². The number of nitrogens with one attached hydrogen (secondary N) is 4. The number of aromatic nitrogens is 13. The number of ketones is 1. The first-order valence-corrected chi connectivity index (χ1v) is 47.0. The molecule has 129 heavy (non-hydrogen) atoms. The molecule has 698 valence electrons. The first kappa shape index (κ1) is 111. The monoisotopic (exact) mass is 1910 g/mol. The standard InChI is InChI=1S/C18H20N4O3.C18H18N4O3.C18H16N4O2.C13H11N3O.C8H19N.C6H12ClNO.C4H11N.C3H9NO.C2H2Cl2O.Cl3OP/c2*1-12-3-5-14(6-4-12)15-7-8-16-20-22(18(25)21(16)10-15)11-17(24)19-9-13(2)23;1-12-3-5-14(6-4-12)15-7-8-16-20-22(18(23)21(16)10-15)11-17-19-9-13(2)24-17;1-9-2-4-10(5-3-9)11-6-7-12-14-15-13(17)16(12)8-11;1-6-9(7(2)3)8(4)5;1-5(2)4-8-6(9)3-7;1-4(2)3-5;1-3(5)2-4;3-1-2(4)5;1-5(2,3)4/h3-8,10,13,23H,9,11H2,1-2H3,(H,19,24);3-8,10H,9,11H2,1-2H3,(H,19,24);3-10H,11H2,1-2H3;2-8H,1H3,(H,15,17);7-8H,6H2,1-5H3;5H,3-4H2,1-2H3,(H,8,9);4H,3,5H2,1-2H3;3,5H,2,4H2,1H3;1H2;. The Morgan fingerprint density at radius 1 is 0.481 bits per heavy atom. The van der Waals surface area contributed by atoms with Crippen molar-refractivity contribution in [2.45, 2.75) is 162 Å². The predicted octanol–water partition coefficient (Wildman–Crippen LogP) is 13.8. The van der Waals surface area contributed by atoms with Crippen LogP contribution in [0.3, 0.4) is 0 Å². The van der Waals surface area contributed by atoms with Crippen molar-refractivity contribution in [2.75, 3.05) is 51.0 Å². The molecule has 32 nitrogen and oxygen atoms in total. The minimum atomic E-state index is -3.22. The van der Waals surface area contributed by atoms with E-state index < -0.39 is 28.1 Å². The molecule has 13 rings (SSSR count). The van der Waals surface area contributed by atoms with Gasteiger partial charge in [-0.15, -0.1) is 38.5 Å². The van der Waals surface area contributed by atoms with Crippen molar-refractivity contribution in [2.24, 2.45) is 23.3 Å². The first-order valence-electron chi connectivity index (χ1n) is 41.1. The quantitative estimate of drug-likeness (QED) is 0.0167. The fourth-order valence-corrected chi connectivity index (χ4v) is 11.2. The Morgan fingerprint density at radius 3 is 1.09 bits per heavy atom. The SMILES string of the molecule is CC(=O)CNC(=O)Cn1nc2ccc(-c3ccc(C)cc3)cn2c1=O.CC(C)CN.CC(C)CNC(=O)CCl.CC(O)CN.CCN(C(C)C)C(C)C.Cc1ccc(-c2ccc3n[nH]c(=O)n3c2)cc1.Cc1ccc(-c2ccc3nn(CC(=O)NCC(C)O)c(=O)n3c2)cc1.Cc1ccc(-c2ccc3nn(Cc4ncc(C)o4)c(=O)n3c2)cc1.O=C(Cl)CCl.O=P(Cl)(Cl)Cl. The number of halogens is 6. The van der Waals surface area contributed by atoms with E-state index in [1.807, 2.05) is 164 Å². The van der Waals surface area contributed by atoms with Gasteiger partial charge in [-0.3, -0.25) is 33.4 Å². The van der Waals surface area contributed by atoms with Crippen molar-refractivity contribution in [1.29, 1.82) is 0 Å². The molecule has 9 aromatic heterocycles. The fourth-order valence-electron chi connectivity index (χ4n) is 11.1.